The number of rotatable bonds is 4. The zero-order valence-electron chi connectivity index (χ0n) is 16.0. The summed E-state index contributed by atoms with van der Waals surface area (Å²) in [6.07, 6.45) is 6.34. The lowest BCUT2D eigenvalue weighted by Crippen LogP contribution is -2.48. The first-order valence-corrected chi connectivity index (χ1v) is 9.40. The van der Waals surface area contributed by atoms with Crippen LogP contribution in [0, 0.1) is 17.1 Å². The minimum absolute atomic E-state index is 0.0915. The van der Waals surface area contributed by atoms with Crippen molar-refractivity contribution in [3.63, 3.8) is 0 Å². The quantitative estimate of drug-likeness (QED) is 0.675. The van der Waals surface area contributed by atoms with Crippen LogP contribution in [-0.4, -0.2) is 56.3 Å². The van der Waals surface area contributed by atoms with E-state index in [0.717, 1.165) is 12.8 Å². The van der Waals surface area contributed by atoms with Crippen molar-refractivity contribution in [1.29, 1.82) is 5.26 Å². The Morgan fingerprint density at radius 3 is 3.07 bits per heavy atom. The van der Waals surface area contributed by atoms with Crippen LogP contribution in [0.15, 0.2) is 36.8 Å². The number of nitriles is 1. The van der Waals surface area contributed by atoms with Crippen LogP contribution in [0.4, 0.5) is 10.2 Å². The molecule has 0 saturated carbocycles. The highest BCUT2D eigenvalue weighted by atomic mass is 19.1. The topological polar surface area (TPSA) is 90.4 Å². The molecule has 4 heterocycles. The number of hydrogen-bond donors (Lipinski definition) is 0. The standard InChI is InChI=1S/C20H20FN7O/c1-26(15-3-2-10-27(13-15)19(29)6-8-22)18-7-9-23-20(25-18)16-11-24-17-5-4-14(21)12-28(16)17/h4-5,7,9,11-12,15H,2-3,6,10,13H2,1H3. The Kier molecular flexibility index (Phi) is 5.08. The maximum atomic E-state index is 13.7. The van der Waals surface area contributed by atoms with E-state index in [9.17, 15) is 9.18 Å². The smallest absolute Gasteiger partial charge is 0.236 e. The fourth-order valence-corrected chi connectivity index (χ4v) is 3.65. The largest absolute Gasteiger partial charge is 0.355 e. The molecular weight excluding hydrogens is 373 g/mol. The fraction of sp³-hybridized carbons (Fsp3) is 0.350. The monoisotopic (exact) mass is 393 g/mol. The SMILES string of the molecule is CN(c1ccnc(-c2cnc3ccc(F)cn23)n1)C1CCCN(C(=O)CC#N)C1. The van der Waals surface area contributed by atoms with E-state index in [1.54, 1.807) is 27.8 Å². The molecule has 0 aliphatic carbocycles. The molecule has 29 heavy (non-hydrogen) atoms. The van der Waals surface area contributed by atoms with Crippen molar-refractivity contribution in [3.8, 4) is 17.6 Å². The summed E-state index contributed by atoms with van der Waals surface area (Å²) in [5.41, 5.74) is 1.21. The van der Waals surface area contributed by atoms with Gasteiger partial charge in [0.05, 0.1) is 12.3 Å². The van der Waals surface area contributed by atoms with Gasteiger partial charge in [-0.2, -0.15) is 5.26 Å². The Morgan fingerprint density at radius 2 is 2.24 bits per heavy atom. The van der Waals surface area contributed by atoms with Crippen molar-refractivity contribution in [1.82, 2.24) is 24.3 Å². The van der Waals surface area contributed by atoms with Crippen LogP contribution in [0.5, 0.6) is 0 Å². The van der Waals surface area contributed by atoms with Gasteiger partial charge >= 0.3 is 0 Å². The number of likely N-dealkylation sites (N-methyl/N-ethyl adjacent to an activating group) is 1. The first kappa shape index (κ1) is 18.8. The van der Waals surface area contributed by atoms with E-state index in [1.165, 1.54) is 12.3 Å². The van der Waals surface area contributed by atoms with Crippen molar-refractivity contribution in [2.45, 2.75) is 25.3 Å². The Hall–Kier alpha value is -3.54. The van der Waals surface area contributed by atoms with Gasteiger partial charge in [0.2, 0.25) is 5.91 Å². The van der Waals surface area contributed by atoms with Gasteiger partial charge in [-0.15, -0.1) is 0 Å². The summed E-state index contributed by atoms with van der Waals surface area (Å²) in [4.78, 5) is 29.1. The molecule has 1 saturated heterocycles. The molecular formula is C20H20FN7O. The van der Waals surface area contributed by atoms with Crippen molar-refractivity contribution in [3.05, 3.63) is 42.6 Å². The normalized spacial score (nSPS) is 16.6. The second-order valence-corrected chi connectivity index (χ2v) is 7.04. The van der Waals surface area contributed by atoms with Crippen LogP contribution in [-0.2, 0) is 4.79 Å². The van der Waals surface area contributed by atoms with Gasteiger partial charge in [-0.3, -0.25) is 9.20 Å². The van der Waals surface area contributed by atoms with Crippen LogP contribution < -0.4 is 4.90 Å². The molecule has 1 unspecified atom stereocenters. The average molecular weight is 393 g/mol. The van der Waals surface area contributed by atoms with Gasteiger partial charge in [0, 0.05) is 38.6 Å². The number of anilines is 1. The molecule has 3 aromatic heterocycles. The molecule has 1 fully saturated rings. The third-order valence-electron chi connectivity index (χ3n) is 5.23. The van der Waals surface area contributed by atoms with E-state index in [-0.39, 0.29) is 24.2 Å². The number of imidazole rings is 1. The number of fused-ring (bicyclic) bond motifs is 1. The number of nitrogens with zero attached hydrogens (tertiary/aromatic N) is 7. The first-order chi connectivity index (χ1) is 14.1. The number of carbonyl (C=O) groups excluding carboxylic acids is 1. The van der Waals surface area contributed by atoms with Crippen molar-refractivity contribution >= 4 is 17.4 Å². The number of carbonyl (C=O) groups is 1. The summed E-state index contributed by atoms with van der Waals surface area (Å²) in [6, 6.07) is 6.78. The van der Waals surface area contributed by atoms with E-state index in [2.05, 4.69) is 15.0 Å². The molecule has 4 rings (SSSR count). The van der Waals surface area contributed by atoms with E-state index < -0.39 is 0 Å². The zero-order chi connectivity index (χ0) is 20.4. The molecule has 0 spiro atoms. The van der Waals surface area contributed by atoms with Crippen LogP contribution in [0.3, 0.4) is 0 Å². The zero-order valence-corrected chi connectivity index (χ0v) is 16.0. The van der Waals surface area contributed by atoms with Gasteiger partial charge in [-0.25, -0.2) is 19.3 Å². The lowest BCUT2D eigenvalue weighted by molar-refractivity contribution is -0.131. The van der Waals surface area contributed by atoms with Gasteiger partial charge < -0.3 is 9.80 Å². The summed E-state index contributed by atoms with van der Waals surface area (Å²) >= 11 is 0. The van der Waals surface area contributed by atoms with Gasteiger partial charge in [-0.1, -0.05) is 0 Å². The van der Waals surface area contributed by atoms with E-state index >= 15 is 0 Å². The Morgan fingerprint density at radius 1 is 1.38 bits per heavy atom. The third-order valence-corrected chi connectivity index (χ3v) is 5.23. The Labute approximate surface area is 167 Å². The lowest BCUT2D eigenvalue weighted by atomic mass is 10.0. The molecule has 1 amide bonds. The van der Waals surface area contributed by atoms with Gasteiger partial charge in [-0.05, 0) is 31.0 Å². The second-order valence-electron chi connectivity index (χ2n) is 7.04. The number of hydrogen-bond acceptors (Lipinski definition) is 6. The van der Waals surface area contributed by atoms with Crippen LogP contribution in [0.25, 0.3) is 17.2 Å². The van der Waals surface area contributed by atoms with Crippen molar-refractivity contribution in [2.24, 2.45) is 0 Å². The lowest BCUT2D eigenvalue weighted by Gasteiger charge is -2.38. The highest BCUT2D eigenvalue weighted by Gasteiger charge is 2.27. The third kappa shape index (κ3) is 3.74. The van der Waals surface area contributed by atoms with Gasteiger partial charge in [0.1, 0.15) is 29.4 Å². The highest BCUT2D eigenvalue weighted by Crippen LogP contribution is 2.23. The Bertz CT molecular complexity index is 1090. The predicted octanol–water partition coefficient (Wildman–Crippen LogP) is 2.27. The second kappa shape index (κ2) is 7.83. The number of amides is 1. The number of piperidine rings is 1. The molecule has 1 atom stereocenters. The summed E-state index contributed by atoms with van der Waals surface area (Å²) in [6.45, 7) is 1.23. The van der Waals surface area contributed by atoms with Crippen molar-refractivity contribution in [2.75, 3.05) is 25.0 Å². The average Bonchev–Trinajstić information content (AvgIpc) is 3.16. The molecule has 0 bridgehead atoms. The highest BCUT2D eigenvalue weighted by molar-refractivity contribution is 5.78. The van der Waals surface area contributed by atoms with Crippen molar-refractivity contribution < 1.29 is 9.18 Å². The molecule has 1 aliphatic rings. The first-order valence-electron chi connectivity index (χ1n) is 9.40. The van der Waals surface area contributed by atoms with E-state index in [1.807, 2.05) is 24.1 Å². The fourth-order valence-electron chi connectivity index (χ4n) is 3.65. The maximum Gasteiger partial charge on any atom is 0.236 e. The predicted molar refractivity (Wildman–Crippen MR) is 104 cm³/mol. The molecule has 1 aliphatic heterocycles. The molecule has 3 aromatic rings. The minimum atomic E-state index is -0.366. The van der Waals surface area contributed by atoms with E-state index in [0.29, 0.717) is 36.1 Å². The molecule has 0 radical (unpaired) electrons. The van der Waals surface area contributed by atoms with Crippen LogP contribution in [0.1, 0.15) is 19.3 Å². The summed E-state index contributed by atoms with van der Waals surface area (Å²) in [7, 11) is 1.93. The maximum absolute atomic E-state index is 13.7. The molecule has 0 aromatic carbocycles. The number of pyridine rings is 1. The van der Waals surface area contributed by atoms with E-state index in [4.69, 9.17) is 5.26 Å². The molecule has 8 nitrogen and oxygen atoms in total. The molecule has 148 valence electrons. The summed E-state index contributed by atoms with van der Waals surface area (Å²) < 4.78 is 15.3. The molecule has 0 N–H and O–H groups in total. The van der Waals surface area contributed by atoms with Gasteiger partial charge in [0.15, 0.2) is 5.82 Å². The van der Waals surface area contributed by atoms with Gasteiger partial charge in [0.25, 0.3) is 0 Å². The number of likely N-dealkylation sites (tertiary alicyclic amines) is 1. The van der Waals surface area contributed by atoms with Crippen LogP contribution >= 0.6 is 0 Å². The number of aromatic nitrogens is 4. The van der Waals surface area contributed by atoms with Crippen LogP contribution in [0.2, 0.25) is 0 Å². The molecule has 9 heteroatoms. The number of halogens is 1. The summed E-state index contributed by atoms with van der Waals surface area (Å²) in [5, 5.41) is 8.78. The Balaban J connectivity index is 1.59. The summed E-state index contributed by atoms with van der Waals surface area (Å²) in [5.74, 6) is 0.651. The minimum Gasteiger partial charge on any atom is -0.355 e.